The van der Waals surface area contributed by atoms with Crippen LogP contribution >= 0.6 is 0 Å². The van der Waals surface area contributed by atoms with Crippen LogP contribution in [0.2, 0.25) is 0 Å². The third-order valence-electron chi connectivity index (χ3n) is 5.75. The van der Waals surface area contributed by atoms with Gasteiger partial charge in [-0.05, 0) is 71.9 Å². The van der Waals surface area contributed by atoms with Crippen LogP contribution in [0.4, 0.5) is 0 Å². The number of benzene rings is 1. The normalized spacial score (nSPS) is 24.8. The lowest BCUT2D eigenvalue weighted by Gasteiger charge is -2.50. The molecule has 3 rings (SSSR count). The first-order valence-corrected chi connectivity index (χ1v) is 9.75. The molecule has 146 valence electrons. The molecule has 1 aromatic rings. The van der Waals surface area contributed by atoms with Gasteiger partial charge in [-0.2, -0.15) is 0 Å². The van der Waals surface area contributed by atoms with Gasteiger partial charge in [-0.25, -0.2) is 4.79 Å². The number of allylic oxidation sites excluding steroid dienone is 2. The summed E-state index contributed by atoms with van der Waals surface area (Å²) < 4.78 is 5.67. The first kappa shape index (κ1) is 19.7. The van der Waals surface area contributed by atoms with E-state index in [9.17, 15) is 4.79 Å². The Hall–Kier alpha value is -2.07. The van der Waals surface area contributed by atoms with E-state index < -0.39 is 0 Å². The van der Waals surface area contributed by atoms with Gasteiger partial charge in [-0.1, -0.05) is 30.3 Å². The van der Waals surface area contributed by atoms with Gasteiger partial charge in [-0.3, -0.25) is 0 Å². The molecule has 0 aliphatic carbocycles. The first-order chi connectivity index (χ1) is 12.6. The molecule has 4 nitrogen and oxygen atoms in total. The van der Waals surface area contributed by atoms with E-state index in [1.165, 1.54) is 0 Å². The fourth-order valence-electron chi connectivity index (χ4n) is 4.44. The minimum atomic E-state index is -0.322. The largest absolute Gasteiger partial charge is 0.469 e. The topological polar surface area (TPSA) is 38.8 Å². The molecule has 0 N–H and O–H groups in total. The lowest BCUT2D eigenvalue weighted by Crippen LogP contribution is -2.59. The van der Waals surface area contributed by atoms with Crippen LogP contribution in [0.15, 0.2) is 53.5 Å². The molecule has 0 bridgehead atoms. The Labute approximate surface area is 162 Å². The van der Waals surface area contributed by atoms with Gasteiger partial charge in [0.25, 0.3) is 0 Å². The Morgan fingerprint density at radius 3 is 2.26 bits per heavy atom. The molecule has 2 aliphatic heterocycles. The van der Waals surface area contributed by atoms with E-state index in [-0.39, 0.29) is 23.0 Å². The number of hydrogen-bond acceptors (Lipinski definition) is 4. The molecule has 0 aromatic heterocycles. The molecular formula is C23H31NO3. The van der Waals surface area contributed by atoms with Crippen molar-refractivity contribution in [1.29, 1.82) is 0 Å². The highest BCUT2D eigenvalue weighted by Gasteiger charge is 2.45. The summed E-state index contributed by atoms with van der Waals surface area (Å²) in [6, 6.07) is 10.1. The number of nitrogens with zero attached hydrogens (tertiary/aromatic N) is 1. The van der Waals surface area contributed by atoms with E-state index in [1.54, 1.807) is 6.26 Å². The summed E-state index contributed by atoms with van der Waals surface area (Å²) in [4.78, 5) is 19.4. The molecule has 0 saturated carbocycles. The zero-order valence-corrected chi connectivity index (χ0v) is 17.3. The zero-order chi connectivity index (χ0) is 19.8. The molecule has 1 fully saturated rings. The fourth-order valence-corrected chi connectivity index (χ4v) is 4.44. The van der Waals surface area contributed by atoms with Crippen molar-refractivity contribution in [3.63, 3.8) is 0 Å². The molecule has 0 radical (unpaired) electrons. The number of hydroxylamine groups is 2. The van der Waals surface area contributed by atoms with E-state index in [4.69, 9.17) is 9.57 Å². The zero-order valence-electron chi connectivity index (χ0n) is 17.3. The lowest BCUT2D eigenvalue weighted by molar-refractivity contribution is -0.262. The predicted octanol–water partition coefficient (Wildman–Crippen LogP) is 5.48. The molecule has 1 aromatic carbocycles. The average Bonchev–Trinajstić information content (AvgIpc) is 2.60. The number of rotatable bonds is 3. The van der Waals surface area contributed by atoms with Crippen LogP contribution in [0.1, 0.15) is 72.3 Å². The molecule has 0 spiro atoms. The first-order valence-electron chi connectivity index (χ1n) is 9.75. The summed E-state index contributed by atoms with van der Waals surface area (Å²) >= 11 is 0. The number of piperidine rings is 1. The van der Waals surface area contributed by atoms with E-state index in [2.05, 4.69) is 27.7 Å². The van der Waals surface area contributed by atoms with Crippen LogP contribution in [0, 0.1) is 0 Å². The number of ether oxygens (including phenoxy) is 1. The van der Waals surface area contributed by atoms with E-state index >= 15 is 0 Å². The maximum Gasteiger partial charge on any atom is 0.357 e. The standard InChI is InChI=1S/C23H31NO3/c1-16-15-26-17(2)20(19(16)18-11-8-7-9-12-18)21(25)27-24-22(3,4)13-10-14-23(24,5)6/h7-9,11-12,15,19H,10,13-14H2,1-6H3. The molecule has 1 unspecified atom stereocenters. The third-order valence-corrected chi connectivity index (χ3v) is 5.75. The number of hydrogen-bond donors (Lipinski definition) is 0. The Morgan fingerprint density at radius 1 is 1.07 bits per heavy atom. The van der Waals surface area contributed by atoms with Gasteiger partial charge in [0.2, 0.25) is 0 Å². The van der Waals surface area contributed by atoms with E-state index in [1.807, 2.05) is 49.2 Å². The monoisotopic (exact) mass is 369 g/mol. The smallest absolute Gasteiger partial charge is 0.357 e. The average molecular weight is 370 g/mol. The summed E-state index contributed by atoms with van der Waals surface area (Å²) in [6.07, 6.45) is 4.87. The Bertz CT molecular complexity index is 758. The summed E-state index contributed by atoms with van der Waals surface area (Å²) in [7, 11) is 0. The molecule has 1 atom stereocenters. The quantitative estimate of drug-likeness (QED) is 0.707. The predicted molar refractivity (Wildman–Crippen MR) is 107 cm³/mol. The molecule has 2 aliphatic rings. The van der Waals surface area contributed by atoms with Gasteiger partial charge >= 0.3 is 5.97 Å². The van der Waals surface area contributed by atoms with Crippen molar-refractivity contribution >= 4 is 5.97 Å². The second-order valence-electron chi connectivity index (χ2n) is 8.94. The van der Waals surface area contributed by atoms with Crippen molar-refractivity contribution in [3.05, 3.63) is 59.1 Å². The summed E-state index contributed by atoms with van der Waals surface area (Å²) in [5.41, 5.74) is 2.25. The van der Waals surface area contributed by atoms with Crippen molar-refractivity contribution in [3.8, 4) is 0 Å². The van der Waals surface area contributed by atoms with Crippen molar-refractivity contribution in [2.45, 2.75) is 77.8 Å². The maximum atomic E-state index is 13.4. The van der Waals surface area contributed by atoms with Crippen LogP contribution < -0.4 is 0 Å². The van der Waals surface area contributed by atoms with Crippen LogP contribution in [0.5, 0.6) is 0 Å². The molecule has 0 amide bonds. The summed E-state index contributed by atoms with van der Waals surface area (Å²) in [6.45, 7) is 12.4. The highest BCUT2D eigenvalue weighted by atomic mass is 16.7. The van der Waals surface area contributed by atoms with Gasteiger partial charge < -0.3 is 9.57 Å². The van der Waals surface area contributed by atoms with Crippen molar-refractivity contribution in [2.24, 2.45) is 0 Å². The summed E-state index contributed by atoms with van der Waals surface area (Å²) in [5, 5.41) is 1.90. The highest BCUT2D eigenvalue weighted by Crippen LogP contribution is 2.41. The highest BCUT2D eigenvalue weighted by molar-refractivity contribution is 5.92. The fraction of sp³-hybridized carbons (Fsp3) is 0.522. The van der Waals surface area contributed by atoms with Crippen LogP contribution in [0.3, 0.4) is 0 Å². The van der Waals surface area contributed by atoms with E-state index in [0.29, 0.717) is 11.3 Å². The maximum absolute atomic E-state index is 13.4. The third kappa shape index (κ3) is 3.81. The Balaban J connectivity index is 1.94. The molecule has 27 heavy (non-hydrogen) atoms. The minimum absolute atomic E-state index is 0.150. The second kappa shape index (κ2) is 7.16. The molecule has 4 heteroatoms. The van der Waals surface area contributed by atoms with Crippen molar-refractivity contribution in [2.75, 3.05) is 0 Å². The minimum Gasteiger partial charge on any atom is -0.469 e. The van der Waals surface area contributed by atoms with Crippen molar-refractivity contribution in [1.82, 2.24) is 5.06 Å². The van der Waals surface area contributed by atoms with Crippen LogP contribution in [-0.2, 0) is 14.4 Å². The van der Waals surface area contributed by atoms with Gasteiger partial charge in [-0.15, -0.1) is 5.06 Å². The SMILES string of the molecule is CC1=COC(C)=C(C(=O)ON2C(C)(C)CCCC2(C)C)C1c1ccccc1. The number of carbonyl (C=O) groups is 1. The lowest BCUT2D eigenvalue weighted by atomic mass is 9.82. The second-order valence-corrected chi connectivity index (χ2v) is 8.94. The van der Waals surface area contributed by atoms with Gasteiger partial charge in [0.05, 0.1) is 22.9 Å². The molecule has 2 heterocycles. The Kier molecular flexibility index (Phi) is 5.22. The summed E-state index contributed by atoms with van der Waals surface area (Å²) in [5.74, 6) is 0.132. The van der Waals surface area contributed by atoms with Crippen LogP contribution in [-0.4, -0.2) is 22.1 Å². The van der Waals surface area contributed by atoms with Crippen molar-refractivity contribution < 1.29 is 14.4 Å². The molecule has 1 saturated heterocycles. The Morgan fingerprint density at radius 2 is 1.67 bits per heavy atom. The van der Waals surface area contributed by atoms with E-state index in [0.717, 1.165) is 30.4 Å². The van der Waals surface area contributed by atoms with Crippen LogP contribution in [0.25, 0.3) is 0 Å². The van der Waals surface area contributed by atoms with Gasteiger partial charge in [0.1, 0.15) is 5.76 Å². The van der Waals surface area contributed by atoms with Gasteiger partial charge in [0, 0.05) is 5.92 Å². The van der Waals surface area contributed by atoms with Gasteiger partial charge in [0.15, 0.2) is 0 Å². The number of carbonyl (C=O) groups excluding carboxylic acids is 1. The molecular weight excluding hydrogens is 338 g/mol.